The van der Waals surface area contributed by atoms with E-state index in [1.807, 2.05) is 43.5 Å². The highest BCUT2D eigenvalue weighted by molar-refractivity contribution is 9.10. The molecule has 0 bridgehead atoms. The largest absolute Gasteiger partial charge is 0.383 e. The molecule has 1 aromatic heterocycles. The van der Waals surface area contributed by atoms with Crippen LogP contribution in [0.1, 0.15) is 27.7 Å². The van der Waals surface area contributed by atoms with Crippen molar-refractivity contribution in [1.82, 2.24) is 0 Å². The van der Waals surface area contributed by atoms with Gasteiger partial charge in [0.25, 0.3) is 0 Å². The Morgan fingerprint density at radius 1 is 1.25 bits per heavy atom. The van der Waals surface area contributed by atoms with Crippen LogP contribution in [0.3, 0.4) is 0 Å². The van der Waals surface area contributed by atoms with Crippen LogP contribution < -0.4 is 0 Å². The molecule has 0 amide bonds. The van der Waals surface area contributed by atoms with E-state index in [4.69, 9.17) is 0 Å². The number of hydrogen-bond donors (Lipinski definition) is 1. The summed E-state index contributed by atoms with van der Waals surface area (Å²) in [4.78, 5) is 1.02. The van der Waals surface area contributed by atoms with Crippen molar-refractivity contribution < 1.29 is 5.11 Å². The molecule has 2 rings (SSSR count). The topological polar surface area (TPSA) is 20.2 Å². The molecule has 1 N–H and O–H groups in total. The summed E-state index contributed by atoms with van der Waals surface area (Å²) in [5.41, 5.74) is 3.24. The quantitative estimate of drug-likeness (QED) is 0.880. The average Bonchev–Trinajstić information content (AvgIpc) is 2.67. The minimum atomic E-state index is -0.533. The van der Waals surface area contributed by atoms with Crippen molar-refractivity contribution >= 4 is 27.3 Å². The predicted octanol–water partition coefficient (Wildman–Crippen LogP) is 4.21. The van der Waals surface area contributed by atoms with Gasteiger partial charge in [-0.15, -0.1) is 11.3 Å². The molecule has 1 aromatic carbocycles. The number of rotatable bonds is 2. The Balaban J connectivity index is 2.45. The van der Waals surface area contributed by atoms with Gasteiger partial charge < -0.3 is 5.11 Å². The van der Waals surface area contributed by atoms with E-state index in [9.17, 15) is 5.11 Å². The Labute approximate surface area is 108 Å². The summed E-state index contributed by atoms with van der Waals surface area (Å²) < 4.78 is 0.957. The van der Waals surface area contributed by atoms with Crippen LogP contribution in [-0.2, 0) is 0 Å². The Hall–Kier alpha value is -0.640. The maximum Gasteiger partial charge on any atom is 0.115 e. The number of hydrogen-bond acceptors (Lipinski definition) is 2. The summed E-state index contributed by atoms with van der Waals surface area (Å²) >= 11 is 5.08. The third kappa shape index (κ3) is 2.21. The molecule has 0 spiro atoms. The van der Waals surface area contributed by atoms with Crippen molar-refractivity contribution in [2.75, 3.05) is 0 Å². The summed E-state index contributed by atoms with van der Waals surface area (Å²) in [6, 6.07) is 8.07. The Morgan fingerprint density at radius 3 is 2.62 bits per heavy atom. The first kappa shape index (κ1) is 11.8. The molecule has 0 radical (unpaired) electrons. The molecule has 1 atom stereocenters. The fourth-order valence-electron chi connectivity index (χ4n) is 1.68. The van der Waals surface area contributed by atoms with Crippen LogP contribution in [0.5, 0.6) is 0 Å². The van der Waals surface area contributed by atoms with E-state index < -0.39 is 6.10 Å². The summed E-state index contributed by atoms with van der Waals surface area (Å²) in [6.45, 7) is 4.06. The van der Waals surface area contributed by atoms with Crippen molar-refractivity contribution in [1.29, 1.82) is 0 Å². The number of benzene rings is 1. The second-order valence-corrected chi connectivity index (χ2v) is 5.70. The molecule has 0 fully saturated rings. The van der Waals surface area contributed by atoms with Crippen LogP contribution >= 0.6 is 27.3 Å². The standard InChI is InChI=1S/C13H13BrOS/c1-8-3-4-11(14)10(7-8)12(15)13-9(2)5-6-16-13/h3-7,12,15H,1-2H3. The molecule has 3 heteroatoms. The lowest BCUT2D eigenvalue weighted by molar-refractivity contribution is 0.222. The SMILES string of the molecule is Cc1ccc(Br)c(C(O)c2sccc2C)c1. The average molecular weight is 297 g/mol. The highest BCUT2D eigenvalue weighted by Gasteiger charge is 2.16. The molecule has 0 saturated heterocycles. The van der Waals surface area contributed by atoms with Gasteiger partial charge in [0, 0.05) is 14.9 Å². The lowest BCUT2D eigenvalue weighted by Gasteiger charge is -2.13. The van der Waals surface area contributed by atoms with Crippen molar-refractivity contribution in [2.24, 2.45) is 0 Å². The van der Waals surface area contributed by atoms with Gasteiger partial charge in [0.1, 0.15) is 6.10 Å². The van der Waals surface area contributed by atoms with Crippen LogP contribution in [0.4, 0.5) is 0 Å². The second-order valence-electron chi connectivity index (χ2n) is 3.90. The van der Waals surface area contributed by atoms with E-state index in [0.717, 1.165) is 26.0 Å². The van der Waals surface area contributed by atoms with Crippen LogP contribution in [0, 0.1) is 13.8 Å². The normalized spacial score (nSPS) is 12.8. The minimum absolute atomic E-state index is 0.533. The van der Waals surface area contributed by atoms with E-state index in [2.05, 4.69) is 15.9 Å². The zero-order chi connectivity index (χ0) is 11.7. The van der Waals surface area contributed by atoms with Gasteiger partial charge in [-0.3, -0.25) is 0 Å². The predicted molar refractivity (Wildman–Crippen MR) is 72.0 cm³/mol. The van der Waals surface area contributed by atoms with E-state index >= 15 is 0 Å². The lowest BCUT2D eigenvalue weighted by atomic mass is 10.0. The van der Waals surface area contributed by atoms with Crippen LogP contribution in [0.2, 0.25) is 0 Å². The highest BCUT2D eigenvalue weighted by atomic mass is 79.9. The molecule has 0 aliphatic carbocycles. The van der Waals surface area contributed by atoms with E-state index in [1.54, 1.807) is 11.3 Å². The van der Waals surface area contributed by atoms with Crippen LogP contribution in [0.15, 0.2) is 34.1 Å². The molecule has 1 nitrogen and oxygen atoms in total. The van der Waals surface area contributed by atoms with Crippen molar-refractivity contribution in [3.05, 3.63) is 55.7 Å². The van der Waals surface area contributed by atoms with Gasteiger partial charge in [-0.25, -0.2) is 0 Å². The molecule has 1 heterocycles. The number of aliphatic hydroxyl groups excluding tert-OH is 1. The highest BCUT2D eigenvalue weighted by Crippen LogP contribution is 2.33. The van der Waals surface area contributed by atoms with Gasteiger partial charge in [0.2, 0.25) is 0 Å². The number of halogens is 1. The third-order valence-electron chi connectivity index (χ3n) is 2.60. The van der Waals surface area contributed by atoms with Gasteiger partial charge in [0.15, 0.2) is 0 Å². The maximum atomic E-state index is 10.3. The monoisotopic (exact) mass is 296 g/mol. The molecule has 0 aliphatic rings. The smallest absolute Gasteiger partial charge is 0.115 e. The molecule has 0 aliphatic heterocycles. The second kappa shape index (κ2) is 4.70. The van der Waals surface area contributed by atoms with Gasteiger partial charge in [0.05, 0.1) is 0 Å². The molecular formula is C13H13BrOS. The van der Waals surface area contributed by atoms with E-state index in [0.29, 0.717) is 0 Å². The number of aliphatic hydroxyl groups is 1. The Bertz CT molecular complexity index is 504. The molecular weight excluding hydrogens is 284 g/mol. The van der Waals surface area contributed by atoms with E-state index in [1.165, 1.54) is 0 Å². The summed E-state index contributed by atoms with van der Waals surface area (Å²) in [5, 5.41) is 12.4. The Morgan fingerprint density at radius 2 is 2.00 bits per heavy atom. The minimum Gasteiger partial charge on any atom is -0.383 e. The first-order chi connectivity index (χ1) is 7.59. The summed E-state index contributed by atoms with van der Waals surface area (Å²) in [7, 11) is 0. The zero-order valence-electron chi connectivity index (χ0n) is 9.20. The fourth-order valence-corrected chi connectivity index (χ4v) is 3.07. The molecule has 16 heavy (non-hydrogen) atoms. The number of thiophene rings is 1. The van der Waals surface area contributed by atoms with Gasteiger partial charge >= 0.3 is 0 Å². The summed E-state index contributed by atoms with van der Waals surface area (Å²) in [5.74, 6) is 0. The molecule has 1 unspecified atom stereocenters. The van der Waals surface area contributed by atoms with Crippen LogP contribution in [0.25, 0.3) is 0 Å². The molecule has 84 valence electrons. The van der Waals surface area contributed by atoms with Gasteiger partial charge in [-0.2, -0.15) is 0 Å². The third-order valence-corrected chi connectivity index (χ3v) is 4.39. The first-order valence-electron chi connectivity index (χ1n) is 5.07. The van der Waals surface area contributed by atoms with E-state index in [-0.39, 0.29) is 0 Å². The van der Waals surface area contributed by atoms with Gasteiger partial charge in [-0.1, -0.05) is 33.6 Å². The summed E-state index contributed by atoms with van der Waals surface area (Å²) in [6.07, 6.45) is -0.533. The van der Waals surface area contributed by atoms with Crippen molar-refractivity contribution in [3.8, 4) is 0 Å². The fraction of sp³-hybridized carbons (Fsp3) is 0.231. The Kier molecular flexibility index (Phi) is 3.47. The van der Waals surface area contributed by atoms with Crippen molar-refractivity contribution in [3.63, 3.8) is 0 Å². The zero-order valence-corrected chi connectivity index (χ0v) is 11.6. The molecule has 0 saturated carbocycles. The number of aryl methyl sites for hydroxylation is 2. The van der Waals surface area contributed by atoms with Gasteiger partial charge in [-0.05, 0) is 36.9 Å². The van der Waals surface area contributed by atoms with Crippen molar-refractivity contribution in [2.45, 2.75) is 20.0 Å². The first-order valence-corrected chi connectivity index (χ1v) is 6.75. The molecule has 2 aromatic rings. The lowest BCUT2D eigenvalue weighted by Crippen LogP contribution is -2.00. The maximum absolute atomic E-state index is 10.3. The van der Waals surface area contributed by atoms with Crippen LogP contribution in [-0.4, -0.2) is 5.11 Å².